The molecule has 2 atom stereocenters. The number of aliphatic hydroxyl groups excluding tert-OH is 1. The van der Waals surface area contributed by atoms with E-state index in [2.05, 4.69) is 6.92 Å². The molecule has 0 radical (unpaired) electrons. The maximum absolute atomic E-state index is 14.5. The summed E-state index contributed by atoms with van der Waals surface area (Å²) < 4.78 is 17.8. The number of nitrogens with zero attached hydrogens (tertiary/aromatic N) is 6. The van der Waals surface area contributed by atoms with Crippen LogP contribution in [0, 0.1) is 24.6 Å². The van der Waals surface area contributed by atoms with Crippen molar-refractivity contribution >= 4 is 56.8 Å². The van der Waals surface area contributed by atoms with E-state index >= 15 is 0 Å². The molecule has 0 aliphatic carbocycles. The molecule has 76 heavy (non-hydrogen) atoms. The lowest BCUT2D eigenvalue weighted by Crippen LogP contribution is -2.42. The Labute approximate surface area is 453 Å². The molecule has 0 aliphatic heterocycles. The normalized spacial score (nSPS) is 12.2. The van der Waals surface area contributed by atoms with Gasteiger partial charge in [0, 0.05) is 34.3 Å². The highest BCUT2D eigenvalue weighted by Crippen LogP contribution is 2.33. The fourth-order valence-corrected chi connectivity index (χ4v) is 9.77. The summed E-state index contributed by atoms with van der Waals surface area (Å²) in [6.07, 6.45) is 2.21. The van der Waals surface area contributed by atoms with Gasteiger partial charge in [0.2, 0.25) is 0 Å². The molecule has 0 spiro atoms. The Morgan fingerprint density at radius 1 is 0.618 bits per heavy atom. The zero-order chi connectivity index (χ0) is 54.6. The Morgan fingerprint density at radius 3 is 1.49 bits per heavy atom. The van der Waals surface area contributed by atoms with Crippen LogP contribution in [0.15, 0.2) is 149 Å². The van der Waals surface area contributed by atoms with Crippen LogP contribution in [0.25, 0.3) is 21.8 Å². The Balaban J connectivity index is 0.000000221. The van der Waals surface area contributed by atoms with Crippen LogP contribution in [0.3, 0.4) is 0 Å². The molecular weight excluding hydrogens is 1000 g/mol. The highest BCUT2D eigenvalue weighted by molar-refractivity contribution is 6.31. The molecule has 8 aromatic rings. The zero-order valence-electron chi connectivity index (χ0n) is 43.9. The average Bonchev–Trinajstić information content (AvgIpc) is 3.42. The van der Waals surface area contributed by atoms with Gasteiger partial charge in [-0.05, 0) is 121 Å². The molecule has 396 valence electrons. The number of halogens is 3. The van der Waals surface area contributed by atoms with Gasteiger partial charge >= 0.3 is 0 Å². The maximum atomic E-state index is 14.5. The first-order valence-corrected chi connectivity index (χ1v) is 26.6. The van der Waals surface area contributed by atoms with Crippen molar-refractivity contribution in [1.29, 1.82) is 0 Å². The van der Waals surface area contributed by atoms with E-state index in [0.29, 0.717) is 93.8 Å². The fraction of sp³-hybridized carbons (Fsp3) is 0.311. The van der Waals surface area contributed by atoms with E-state index in [1.54, 1.807) is 98.7 Å². The van der Waals surface area contributed by atoms with Crippen molar-refractivity contribution in [2.75, 3.05) is 19.6 Å². The molecule has 0 saturated carbocycles. The second-order valence-electron chi connectivity index (χ2n) is 19.7. The van der Waals surface area contributed by atoms with Crippen LogP contribution >= 0.6 is 23.2 Å². The van der Waals surface area contributed by atoms with Crippen LogP contribution < -0.4 is 16.9 Å². The number of amides is 2. The predicted molar refractivity (Wildman–Crippen MR) is 302 cm³/mol. The van der Waals surface area contributed by atoms with Crippen LogP contribution in [0.5, 0.6) is 0 Å². The van der Waals surface area contributed by atoms with Gasteiger partial charge in [0.05, 0.1) is 53.6 Å². The lowest BCUT2D eigenvalue weighted by atomic mass is 9.98. The Kier molecular flexibility index (Phi) is 19.5. The van der Waals surface area contributed by atoms with Crippen LogP contribution in [-0.2, 0) is 19.7 Å². The third kappa shape index (κ3) is 13.3. The first-order chi connectivity index (χ1) is 36.5. The van der Waals surface area contributed by atoms with Gasteiger partial charge in [-0.3, -0.25) is 28.3 Å². The Bertz CT molecular complexity index is 3410. The molecule has 2 amide bonds. The minimum Gasteiger partial charge on any atom is -0.392 e. The van der Waals surface area contributed by atoms with E-state index in [1.807, 2.05) is 88.4 Å². The molecule has 12 nitrogen and oxygen atoms in total. The lowest BCUT2D eigenvalue weighted by molar-refractivity contribution is 0.0595. The number of carbonyl (C=O) groups is 2. The second-order valence-corrected chi connectivity index (χ2v) is 20.6. The number of hydrogen-bond acceptors (Lipinski definition) is 8. The van der Waals surface area contributed by atoms with Gasteiger partial charge < -0.3 is 20.6 Å². The van der Waals surface area contributed by atoms with Crippen molar-refractivity contribution in [1.82, 2.24) is 28.9 Å². The summed E-state index contributed by atoms with van der Waals surface area (Å²) in [6.45, 7) is 13.5. The molecule has 8 rings (SSSR count). The topological polar surface area (TPSA) is 157 Å². The highest BCUT2D eigenvalue weighted by Gasteiger charge is 2.35. The molecule has 0 bridgehead atoms. The van der Waals surface area contributed by atoms with E-state index in [1.165, 1.54) is 6.07 Å². The standard InChI is InChI=1S/C31H33ClFN3O2.C30H33ClN4O3/c1-5-6-16-35(30(37)23-13-12-21(4)26(33)17-23)28(20(2)3)29-34-27-18-24(32)14-15-25(27)31(38)36(29)19-22-10-8-7-9-11-22;1-20(2)27(34(16-6-15-32)29(37)23-11-9-22(19-36)10-12-23)28-33-26-17-24(31)13-14-25(26)30(38)35(28)18-21-7-4-3-5-8-21/h7-15,17-18,20,28H,5-6,16,19H2,1-4H3;3-5,7-14,17,20,27,36H,6,15-16,18-19,32H2,1-2H3/t28-;27-/m11/s1. The molecule has 2 heterocycles. The van der Waals surface area contributed by atoms with Crippen molar-refractivity contribution < 1.29 is 19.1 Å². The van der Waals surface area contributed by atoms with E-state index in [0.717, 1.165) is 29.5 Å². The molecule has 3 N–H and O–H groups in total. The third-order valence-electron chi connectivity index (χ3n) is 13.4. The van der Waals surface area contributed by atoms with Gasteiger partial charge in [0.1, 0.15) is 17.5 Å². The molecule has 2 aromatic heterocycles. The van der Waals surface area contributed by atoms with E-state index in [9.17, 15) is 28.7 Å². The van der Waals surface area contributed by atoms with Crippen LogP contribution in [0.4, 0.5) is 4.39 Å². The maximum Gasteiger partial charge on any atom is 0.261 e. The first-order valence-electron chi connectivity index (χ1n) is 25.8. The molecule has 6 aromatic carbocycles. The Morgan fingerprint density at radius 2 is 1.07 bits per heavy atom. The number of aliphatic hydroxyl groups is 1. The quantitative estimate of drug-likeness (QED) is 0.0810. The summed E-state index contributed by atoms with van der Waals surface area (Å²) in [5.41, 5.74) is 10.3. The smallest absolute Gasteiger partial charge is 0.261 e. The van der Waals surface area contributed by atoms with E-state index in [4.69, 9.17) is 38.9 Å². The summed E-state index contributed by atoms with van der Waals surface area (Å²) in [5, 5.41) is 11.3. The Hall–Kier alpha value is -7.03. The molecule has 0 fully saturated rings. The van der Waals surface area contributed by atoms with Crippen molar-refractivity contribution in [3.05, 3.63) is 221 Å². The van der Waals surface area contributed by atoms with Gasteiger partial charge in [-0.1, -0.05) is 143 Å². The minimum absolute atomic E-state index is 0.0704. The summed E-state index contributed by atoms with van der Waals surface area (Å²) >= 11 is 12.6. The largest absolute Gasteiger partial charge is 0.392 e. The van der Waals surface area contributed by atoms with Crippen molar-refractivity contribution in [2.45, 2.75) is 92.6 Å². The molecule has 0 aliphatic rings. The highest BCUT2D eigenvalue weighted by atomic mass is 35.5. The molecule has 0 unspecified atom stereocenters. The minimum atomic E-state index is -0.529. The number of aromatic nitrogens is 4. The summed E-state index contributed by atoms with van der Waals surface area (Å²) in [5.74, 6) is -0.0692. The zero-order valence-corrected chi connectivity index (χ0v) is 45.4. The van der Waals surface area contributed by atoms with Gasteiger partial charge in [0.15, 0.2) is 0 Å². The average molecular weight is 1070 g/mol. The second kappa shape index (κ2) is 26.1. The van der Waals surface area contributed by atoms with Crippen molar-refractivity contribution in [3.8, 4) is 0 Å². The summed E-state index contributed by atoms with van der Waals surface area (Å²) in [7, 11) is 0. The monoisotopic (exact) mass is 1070 g/mol. The lowest BCUT2D eigenvalue weighted by Gasteiger charge is -2.35. The number of hydrogen-bond donors (Lipinski definition) is 2. The number of benzene rings is 6. The number of fused-ring (bicyclic) bond motifs is 2. The number of unbranched alkanes of at least 4 members (excludes halogenated alkanes) is 1. The SMILES string of the molecule is CC(C)[C@H](c1nc2cc(Cl)ccc2c(=O)n1Cc1ccccc1)N(CCCN)C(=O)c1ccc(CO)cc1.CCCCN(C(=O)c1ccc(C)c(F)c1)[C@@H](c1nc2cc(Cl)ccc2c(=O)n1Cc1ccccc1)C(C)C. The van der Waals surface area contributed by atoms with E-state index in [-0.39, 0.29) is 46.9 Å². The van der Waals surface area contributed by atoms with Gasteiger partial charge in [-0.2, -0.15) is 0 Å². The van der Waals surface area contributed by atoms with Crippen LogP contribution in [0.1, 0.15) is 121 Å². The third-order valence-corrected chi connectivity index (χ3v) is 13.9. The number of nitrogens with two attached hydrogens (primary N) is 1. The van der Waals surface area contributed by atoms with Gasteiger partial charge in [-0.15, -0.1) is 0 Å². The number of carbonyl (C=O) groups excluding carboxylic acids is 2. The van der Waals surface area contributed by atoms with Gasteiger partial charge in [0.25, 0.3) is 22.9 Å². The predicted octanol–water partition coefficient (Wildman–Crippen LogP) is 12.0. The van der Waals surface area contributed by atoms with Gasteiger partial charge in [-0.25, -0.2) is 14.4 Å². The van der Waals surface area contributed by atoms with E-state index < -0.39 is 17.9 Å². The number of rotatable bonds is 19. The molecule has 15 heteroatoms. The molecule has 0 saturated heterocycles. The fourth-order valence-electron chi connectivity index (χ4n) is 9.44. The van der Waals surface area contributed by atoms with Crippen molar-refractivity contribution in [2.24, 2.45) is 17.6 Å². The first kappa shape index (κ1) is 56.7. The summed E-state index contributed by atoms with van der Waals surface area (Å²) in [6, 6.07) is 40.0. The van der Waals surface area contributed by atoms with Crippen molar-refractivity contribution in [3.63, 3.8) is 0 Å². The summed E-state index contributed by atoms with van der Waals surface area (Å²) in [4.78, 5) is 69.1. The van der Waals surface area contributed by atoms with Crippen LogP contribution in [-0.4, -0.2) is 65.5 Å². The number of aryl methyl sites for hydroxylation is 1. The molecular formula is C61H66Cl2FN7O5. The van der Waals surface area contributed by atoms with Crippen LogP contribution in [0.2, 0.25) is 10.0 Å².